The van der Waals surface area contributed by atoms with E-state index in [2.05, 4.69) is 22.4 Å². The molecule has 1 N–H and O–H groups in total. The summed E-state index contributed by atoms with van der Waals surface area (Å²) in [6.07, 6.45) is 1.30. The van der Waals surface area contributed by atoms with Gasteiger partial charge in [0.05, 0.1) is 12.3 Å². The monoisotopic (exact) mass is 393 g/mol. The molecule has 7 nitrogen and oxygen atoms in total. The Bertz CT molecular complexity index is 1040. The van der Waals surface area contributed by atoms with Crippen molar-refractivity contribution in [2.75, 3.05) is 20.3 Å². The van der Waals surface area contributed by atoms with Gasteiger partial charge in [0.25, 0.3) is 0 Å². The highest BCUT2D eigenvalue weighted by molar-refractivity contribution is 6.07. The van der Waals surface area contributed by atoms with Gasteiger partial charge < -0.3 is 13.9 Å². The van der Waals surface area contributed by atoms with Crippen molar-refractivity contribution >= 4 is 22.7 Å². The van der Waals surface area contributed by atoms with E-state index in [0.29, 0.717) is 31.1 Å². The molecule has 0 aliphatic carbocycles. The fraction of sp³-hybridized carbons (Fsp3) is 0.318. The van der Waals surface area contributed by atoms with E-state index in [9.17, 15) is 4.79 Å². The first-order chi connectivity index (χ1) is 14.2. The minimum Gasteiger partial charge on any atom is -0.491 e. The zero-order chi connectivity index (χ0) is 20.2. The number of hydrazone groups is 1. The van der Waals surface area contributed by atoms with Crippen molar-refractivity contribution in [2.45, 2.75) is 19.8 Å². The van der Waals surface area contributed by atoms with Gasteiger partial charge >= 0.3 is 0 Å². The molecule has 1 unspecified atom stereocenters. The van der Waals surface area contributed by atoms with Gasteiger partial charge in [-0.1, -0.05) is 13.0 Å². The molecule has 0 saturated heterocycles. The van der Waals surface area contributed by atoms with E-state index in [-0.39, 0.29) is 11.8 Å². The Morgan fingerprint density at radius 2 is 1.93 bits per heavy atom. The Hall–Kier alpha value is -3.19. The van der Waals surface area contributed by atoms with Crippen LogP contribution in [0.2, 0.25) is 0 Å². The first kappa shape index (κ1) is 19.1. The third-order valence-electron chi connectivity index (χ3n) is 4.95. The number of amides is 1. The summed E-state index contributed by atoms with van der Waals surface area (Å²) < 4.78 is 16.6. The van der Waals surface area contributed by atoms with Crippen molar-refractivity contribution in [1.29, 1.82) is 0 Å². The van der Waals surface area contributed by atoms with E-state index in [1.54, 1.807) is 7.11 Å². The molecule has 0 spiro atoms. The number of nitrogens with one attached hydrogen (secondary N) is 1. The number of methoxy groups -OCH3 is 1. The standard InChI is InChI=1S/C22H23N3O4/c1-3-14-13-20(26)24-25-21(14)16-6-9-18-19(12-16)29-22(23-18)15-4-7-17(8-5-15)28-11-10-27-2/h4-9,12,14H,3,10-11,13H2,1-2H3,(H,24,26). The third kappa shape index (κ3) is 4.14. The van der Waals surface area contributed by atoms with Gasteiger partial charge in [0, 0.05) is 30.6 Å². The molecule has 1 aliphatic heterocycles. The number of aromatic nitrogens is 1. The highest BCUT2D eigenvalue weighted by Crippen LogP contribution is 2.28. The molecule has 1 atom stereocenters. The molecule has 2 aromatic carbocycles. The van der Waals surface area contributed by atoms with Gasteiger partial charge in [0.1, 0.15) is 17.9 Å². The molecule has 0 saturated carbocycles. The van der Waals surface area contributed by atoms with Crippen molar-refractivity contribution in [3.8, 4) is 17.2 Å². The SMILES string of the molecule is CCC1CC(=O)NN=C1c1ccc2nc(-c3ccc(OCCOC)cc3)oc2c1. The summed E-state index contributed by atoms with van der Waals surface area (Å²) in [6.45, 7) is 3.11. The number of ether oxygens (including phenoxy) is 2. The normalized spacial score (nSPS) is 16.6. The first-order valence-corrected chi connectivity index (χ1v) is 9.67. The fourth-order valence-electron chi connectivity index (χ4n) is 3.36. The van der Waals surface area contributed by atoms with Crippen LogP contribution in [0.25, 0.3) is 22.6 Å². The molecule has 0 bridgehead atoms. The molecule has 0 fully saturated rings. The number of carbonyl (C=O) groups excluding carboxylic acids is 1. The van der Waals surface area contributed by atoms with Crippen molar-refractivity contribution < 1.29 is 18.7 Å². The average molecular weight is 393 g/mol. The molecule has 4 rings (SSSR count). The molecule has 3 aromatic rings. The summed E-state index contributed by atoms with van der Waals surface area (Å²) in [7, 11) is 1.64. The zero-order valence-electron chi connectivity index (χ0n) is 16.5. The van der Waals surface area contributed by atoms with E-state index < -0.39 is 0 Å². The summed E-state index contributed by atoms with van der Waals surface area (Å²) in [4.78, 5) is 16.2. The van der Waals surface area contributed by atoms with Crippen LogP contribution in [0, 0.1) is 5.92 Å². The first-order valence-electron chi connectivity index (χ1n) is 9.67. The van der Waals surface area contributed by atoms with Crippen LogP contribution < -0.4 is 10.2 Å². The molecular formula is C22H23N3O4. The Labute approximate surface area is 168 Å². The predicted octanol–water partition coefficient (Wildman–Crippen LogP) is 3.77. The van der Waals surface area contributed by atoms with E-state index in [1.165, 1.54) is 0 Å². The van der Waals surface area contributed by atoms with Crippen molar-refractivity contribution in [3.05, 3.63) is 48.0 Å². The van der Waals surface area contributed by atoms with Crippen LogP contribution in [0.5, 0.6) is 5.75 Å². The van der Waals surface area contributed by atoms with Gasteiger partial charge in [-0.25, -0.2) is 10.4 Å². The summed E-state index contributed by atoms with van der Waals surface area (Å²) in [6, 6.07) is 13.4. The minimum absolute atomic E-state index is 0.0433. The Morgan fingerprint density at radius 3 is 2.69 bits per heavy atom. The number of carbonyl (C=O) groups is 1. The van der Waals surface area contributed by atoms with Crippen LogP contribution in [-0.4, -0.2) is 36.9 Å². The van der Waals surface area contributed by atoms with Gasteiger partial charge in [0.15, 0.2) is 5.58 Å². The second-order valence-corrected chi connectivity index (χ2v) is 6.91. The number of fused-ring (bicyclic) bond motifs is 1. The highest BCUT2D eigenvalue weighted by Gasteiger charge is 2.24. The van der Waals surface area contributed by atoms with Crippen LogP contribution in [0.4, 0.5) is 0 Å². The van der Waals surface area contributed by atoms with Crippen LogP contribution >= 0.6 is 0 Å². The van der Waals surface area contributed by atoms with Crippen LogP contribution in [0.3, 0.4) is 0 Å². The topological polar surface area (TPSA) is 86.0 Å². The summed E-state index contributed by atoms with van der Waals surface area (Å²) >= 11 is 0. The van der Waals surface area contributed by atoms with E-state index in [1.807, 2.05) is 42.5 Å². The zero-order valence-corrected chi connectivity index (χ0v) is 16.5. The second kappa shape index (κ2) is 8.45. The molecule has 150 valence electrons. The summed E-state index contributed by atoms with van der Waals surface area (Å²) in [5.74, 6) is 1.38. The van der Waals surface area contributed by atoms with Crippen LogP contribution in [-0.2, 0) is 9.53 Å². The Balaban J connectivity index is 1.58. The molecule has 7 heteroatoms. The van der Waals surface area contributed by atoms with Crippen molar-refractivity contribution in [3.63, 3.8) is 0 Å². The number of nitrogens with zero attached hydrogens (tertiary/aromatic N) is 2. The van der Waals surface area contributed by atoms with E-state index >= 15 is 0 Å². The molecule has 29 heavy (non-hydrogen) atoms. The van der Waals surface area contributed by atoms with Gasteiger partial charge in [-0.15, -0.1) is 0 Å². The molecule has 1 aliphatic rings. The molecule has 1 aromatic heterocycles. The number of rotatable bonds is 7. The summed E-state index contributed by atoms with van der Waals surface area (Å²) in [5.41, 5.74) is 6.73. The summed E-state index contributed by atoms with van der Waals surface area (Å²) in [5, 5.41) is 4.28. The van der Waals surface area contributed by atoms with Crippen LogP contribution in [0.15, 0.2) is 52.0 Å². The highest BCUT2D eigenvalue weighted by atomic mass is 16.5. The Kier molecular flexibility index (Phi) is 5.57. The maximum Gasteiger partial charge on any atom is 0.240 e. The number of oxazole rings is 1. The van der Waals surface area contributed by atoms with Crippen LogP contribution in [0.1, 0.15) is 25.3 Å². The van der Waals surface area contributed by atoms with Gasteiger partial charge in [-0.05, 0) is 42.8 Å². The van der Waals surface area contributed by atoms with Gasteiger partial charge in [0.2, 0.25) is 11.8 Å². The van der Waals surface area contributed by atoms with E-state index in [0.717, 1.165) is 34.5 Å². The maximum atomic E-state index is 11.6. The smallest absolute Gasteiger partial charge is 0.240 e. The molecule has 1 amide bonds. The lowest BCUT2D eigenvalue weighted by Crippen LogP contribution is -2.33. The number of hydrogen-bond donors (Lipinski definition) is 1. The predicted molar refractivity (Wildman–Crippen MR) is 110 cm³/mol. The number of hydrogen-bond acceptors (Lipinski definition) is 6. The van der Waals surface area contributed by atoms with Crippen molar-refractivity contribution in [2.24, 2.45) is 11.0 Å². The van der Waals surface area contributed by atoms with E-state index in [4.69, 9.17) is 13.9 Å². The van der Waals surface area contributed by atoms with Gasteiger partial charge in [-0.3, -0.25) is 4.79 Å². The lowest BCUT2D eigenvalue weighted by atomic mass is 9.90. The Morgan fingerprint density at radius 1 is 1.14 bits per heavy atom. The fourth-order valence-corrected chi connectivity index (χ4v) is 3.36. The lowest BCUT2D eigenvalue weighted by Gasteiger charge is -2.21. The minimum atomic E-state index is -0.0433. The van der Waals surface area contributed by atoms with Crippen molar-refractivity contribution in [1.82, 2.24) is 10.4 Å². The maximum absolute atomic E-state index is 11.6. The second-order valence-electron chi connectivity index (χ2n) is 6.91. The molecular weight excluding hydrogens is 370 g/mol. The quantitative estimate of drug-likeness (QED) is 0.618. The van der Waals surface area contributed by atoms with Gasteiger partial charge in [-0.2, -0.15) is 5.10 Å². The molecule has 0 radical (unpaired) electrons. The lowest BCUT2D eigenvalue weighted by molar-refractivity contribution is -0.122. The average Bonchev–Trinajstić information content (AvgIpc) is 3.17. The number of benzene rings is 2. The largest absolute Gasteiger partial charge is 0.491 e. The molecule has 2 heterocycles. The third-order valence-corrected chi connectivity index (χ3v) is 4.95.